The lowest BCUT2D eigenvalue weighted by Gasteiger charge is -2.45. The van der Waals surface area contributed by atoms with Crippen molar-refractivity contribution in [3.05, 3.63) is 78.6 Å². The molecule has 0 N–H and O–H groups in total. The Balaban J connectivity index is 1.79. The van der Waals surface area contributed by atoms with Crippen LogP contribution in [0.4, 0.5) is 0 Å². The molecule has 2 aliphatic heterocycles. The molecule has 2 aromatic carbocycles. The molecule has 1 aromatic heterocycles. The summed E-state index contributed by atoms with van der Waals surface area (Å²) in [5.74, 6) is -1.31. The molecule has 0 spiro atoms. The van der Waals surface area contributed by atoms with Gasteiger partial charge in [-0.1, -0.05) is 24.3 Å². The first kappa shape index (κ1) is 21.3. The van der Waals surface area contributed by atoms with Crippen LogP contribution in [0.25, 0.3) is 0 Å². The van der Waals surface area contributed by atoms with E-state index >= 15 is 0 Å². The van der Waals surface area contributed by atoms with Crippen LogP contribution in [-0.2, 0) is 11.8 Å². The molecule has 7 rings (SSSR count). The third kappa shape index (κ3) is 2.36. The van der Waals surface area contributed by atoms with Gasteiger partial charge in [0.1, 0.15) is 17.3 Å². The summed E-state index contributed by atoms with van der Waals surface area (Å²) in [5, 5.41) is 0. The fourth-order valence-electron chi connectivity index (χ4n) is 6.07. The van der Waals surface area contributed by atoms with Crippen LogP contribution in [-0.4, -0.2) is 45.5 Å². The molecule has 3 aromatic rings. The summed E-state index contributed by atoms with van der Waals surface area (Å²) in [6.07, 6.45) is 0.243. The van der Waals surface area contributed by atoms with Gasteiger partial charge < -0.3 is 9.47 Å². The molecule has 3 atom stereocenters. The Hall–Kier alpha value is -4.21. The highest BCUT2D eigenvalue weighted by Gasteiger charge is 2.53. The Morgan fingerprint density at radius 2 is 1.37 bits per heavy atom. The zero-order chi connectivity index (χ0) is 24.9. The summed E-state index contributed by atoms with van der Waals surface area (Å²) in [6.45, 7) is 1.44. The van der Waals surface area contributed by atoms with Crippen molar-refractivity contribution >= 4 is 17.3 Å². The van der Waals surface area contributed by atoms with Gasteiger partial charge in [0.25, 0.3) is 0 Å². The zero-order valence-electron chi connectivity index (χ0n) is 19.4. The first-order chi connectivity index (χ1) is 16.7. The summed E-state index contributed by atoms with van der Waals surface area (Å²) in [6, 6.07) is 4.85. The molecule has 35 heavy (non-hydrogen) atoms. The number of ether oxygens (including phenoxy) is 2. The number of benzene rings is 2. The Kier molecular flexibility index (Phi) is 4.21. The minimum absolute atomic E-state index is 0.0412. The molecule has 10 nitrogen and oxygen atoms in total. The number of ketones is 3. The predicted molar refractivity (Wildman–Crippen MR) is 122 cm³/mol. The second-order valence-corrected chi connectivity index (χ2v) is 9.07. The highest BCUT2D eigenvalue weighted by atomic mass is 16.5. The number of Topliss-reactive ketones (excluding diaryl/α,β-unsaturated/α-hetero) is 1. The number of methoxy groups -OCH3 is 2. The summed E-state index contributed by atoms with van der Waals surface area (Å²) in [4.78, 5) is 66.3. The van der Waals surface area contributed by atoms with Crippen LogP contribution in [0.3, 0.4) is 0 Å². The van der Waals surface area contributed by atoms with Crippen LogP contribution in [0.1, 0.15) is 68.4 Å². The minimum Gasteiger partial charge on any atom is -0.496 e. The van der Waals surface area contributed by atoms with Crippen molar-refractivity contribution in [1.29, 1.82) is 0 Å². The van der Waals surface area contributed by atoms with E-state index in [1.165, 1.54) is 37.6 Å². The molecule has 10 heteroatoms. The van der Waals surface area contributed by atoms with Gasteiger partial charge in [0.15, 0.2) is 11.6 Å². The van der Waals surface area contributed by atoms with Crippen molar-refractivity contribution in [2.24, 2.45) is 13.0 Å². The molecule has 3 unspecified atom stereocenters. The van der Waals surface area contributed by atoms with E-state index in [0.29, 0.717) is 11.1 Å². The highest BCUT2D eigenvalue weighted by molar-refractivity contribution is 6.30. The smallest absolute Gasteiger partial charge is 0.347 e. The van der Waals surface area contributed by atoms with Crippen LogP contribution >= 0.6 is 0 Å². The monoisotopic (exact) mass is 475 g/mol. The molecule has 0 radical (unpaired) electrons. The highest BCUT2D eigenvalue weighted by Crippen LogP contribution is 2.57. The van der Waals surface area contributed by atoms with Gasteiger partial charge in [0.2, 0.25) is 0 Å². The maximum Gasteiger partial charge on any atom is 0.347 e. The van der Waals surface area contributed by atoms with Crippen LogP contribution in [0.5, 0.6) is 11.5 Å². The number of carbonyl (C=O) groups excluding carboxylic acids is 3. The molecule has 0 fully saturated rings. The third-order valence-corrected chi connectivity index (χ3v) is 7.53. The van der Waals surface area contributed by atoms with Crippen LogP contribution in [0.2, 0.25) is 0 Å². The average molecular weight is 475 g/mol. The largest absolute Gasteiger partial charge is 0.496 e. The Morgan fingerprint density at radius 1 is 0.857 bits per heavy atom. The predicted octanol–water partition coefficient (Wildman–Crippen LogP) is 1.24. The van der Waals surface area contributed by atoms with E-state index in [9.17, 15) is 24.0 Å². The summed E-state index contributed by atoms with van der Waals surface area (Å²) in [5.41, 5.74) is 0.393. The van der Waals surface area contributed by atoms with Gasteiger partial charge in [0, 0.05) is 35.2 Å². The molecular formula is C25H21N3O7. The quantitative estimate of drug-likeness (QED) is 0.437. The van der Waals surface area contributed by atoms with E-state index in [4.69, 9.17) is 9.47 Å². The molecule has 2 bridgehead atoms. The standard InChI is InChI=1S/C25H21N3O7/c1-10(29)13-9-14-15-16(19(13)28-25(33)26(2)24(32)27(14)28)23(35-4)18-17(22(15)34-3)20(30)11-7-5-6-8-12(11)21(18)31/h5-8,13-14,19H,9H2,1-4H3. The first-order valence-corrected chi connectivity index (χ1v) is 11.1. The molecule has 3 heterocycles. The van der Waals surface area contributed by atoms with Crippen molar-refractivity contribution < 1.29 is 23.9 Å². The molecule has 2 aliphatic carbocycles. The van der Waals surface area contributed by atoms with Crippen molar-refractivity contribution in [3.63, 3.8) is 0 Å². The first-order valence-electron chi connectivity index (χ1n) is 11.1. The lowest BCUT2D eigenvalue weighted by molar-refractivity contribution is -0.123. The summed E-state index contributed by atoms with van der Waals surface area (Å²) in [7, 11) is 4.15. The van der Waals surface area contributed by atoms with Gasteiger partial charge in [-0.05, 0) is 13.3 Å². The Morgan fingerprint density at radius 3 is 1.89 bits per heavy atom. The van der Waals surface area contributed by atoms with Gasteiger partial charge >= 0.3 is 11.4 Å². The molecule has 4 aliphatic rings. The lowest BCUT2D eigenvalue weighted by Crippen LogP contribution is -2.50. The van der Waals surface area contributed by atoms with Gasteiger partial charge in [-0.25, -0.2) is 23.5 Å². The number of aromatic nitrogens is 3. The van der Waals surface area contributed by atoms with E-state index in [2.05, 4.69) is 0 Å². The number of hydrogen-bond acceptors (Lipinski definition) is 7. The summed E-state index contributed by atoms with van der Waals surface area (Å²) >= 11 is 0. The zero-order valence-corrected chi connectivity index (χ0v) is 19.4. The van der Waals surface area contributed by atoms with Crippen LogP contribution < -0.4 is 20.9 Å². The third-order valence-electron chi connectivity index (χ3n) is 7.53. The minimum atomic E-state index is -0.900. The van der Waals surface area contributed by atoms with E-state index in [-0.39, 0.29) is 46.0 Å². The van der Waals surface area contributed by atoms with Gasteiger partial charge in [-0.15, -0.1) is 0 Å². The fraction of sp³-hybridized carbons (Fsp3) is 0.320. The normalized spacial score (nSPS) is 21.2. The van der Waals surface area contributed by atoms with Gasteiger partial charge in [-0.3, -0.25) is 14.4 Å². The van der Waals surface area contributed by atoms with Crippen molar-refractivity contribution in [2.75, 3.05) is 14.2 Å². The summed E-state index contributed by atoms with van der Waals surface area (Å²) < 4.78 is 15.1. The maximum atomic E-state index is 13.7. The van der Waals surface area contributed by atoms with Crippen LogP contribution in [0.15, 0.2) is 33.9 Å². The van der Waals surface area contributed by atoms with Gasteiger partial charge in [0.05, 0.1) is 37.4 Å². The van der Waals surface area contributed by atoms with Crippen molar-refractivity contribution in [2.45, 2.75) is 25.4 Å². The van der Waals surface area contributed by atoms with Gasteiger partial charge in [-0.2, -0.15) is 0 Å². The van der Waals surface area contributed by atoms with Crippen LogP contribution in [0, 0.1) is 5.92 Å². The van der Waals surface area contributed by atoms with E-state index in [1.54, 1.807) is 24.3 Å². The second-order valence-electron chi connectivity index (χ2n) is 9.07. The average Bonchev–Trinajstić information content (AvgIpc) is 3.10. The van der Waals surface area contributed by atoms with Crippen molar-refractivity contribution in [1.82, 2.24) is 13.9 Å². The van der Waals surface area contributed by atoms with E-state index in [0.717, 1.165) is 4.57 Å². The maximum absolute atomic E-state index is 13.7. The number of nitrogens with zero attached hydrogens (tertiary/aromatic N) is 3. The number of hydrogen-bond donors (Lipinski definition) is 0. The number of fused-ring (bicyclic) bond motifs is 3. The molecule has 0 saturated heterocycles. The molecule has 178 valence electrons. The Labute approximate surface area is 198 Å². The molecular weight excluding hydrogens is 454 g/mol. The Bertz CT molecular complexity index is 1640. The molecule has 0 amide bonds. The topological polar surface area (TPSA) is 119 Å². The SMILES string of the molecule is COc1c2c(c(OC)c3c1C1CC(C(C)=O)C3n3c(=O)n(C)c(=O)n31)C(=O)c1ccccc1C2=O. The number of carbonyl (C=O) groups is 3. The number of rotatable bonds is 3. The lowest BCUT2D eigenvalue weighted by atomic mass is 9.69. The molecule has 0 saturated carbocycles. The van der Waals surface area contributed by atoms with Crippen molar-refractivity contribution in [3.8, 4) is 11.5 Å². The second kappa shape index (κ2) is 6.91. The van der Waals surface area contributed by atoms with E-state index in [1.807, 2.05) is 0 Å². The fourth-order valence-corrected chi connectivity index (χ4v) is 6.07. The van der Waals surface area contributed by atoms with E-state index < -0.39 is 40.9 Å².